The van der Waals surface area contributed by atoms with Gasteiger partial charge in [-0.15, -0.1) is 0 Å². The molecule has 1 rings (SSSR count). The molecule has 0 aliphatic heterocycles. The van der Waals surface area contributed by atoms with Gasteiger partial charge < -0.3 is 9.84 Å². The molecule has 0 saturated heterocycles. The highest BCUT2D eigenvalue weighted by atomic mass is 35.5. The second-order valence-electron chi connectivity index (χ2n) is 5.49. The number of aliphatic hydroxyl groups is 1. The number of carbonyl (C=O) groups is 1. The van der Waals surface area contributed by atoms with Crippen molar-refractivity contribution in [1.82, 2.24) is 0 Å². The fourth-order valence-electron chi connectivity index (χ4n) is 1.55. The molecule has 19 heavy (non-hydrogen) atoms. The fourth-order valence-corrected chi connectivity index (χ4v) is 1.71. The number of aliphatic hydroxyl groups excluding tert-OH is 1. The average Bonchev–Trinajstić information content (AvgIpc) is 2.19. The Bertz CT molecular complexity index is 452. The zero-order valence-corrected chi connectivity index (χ0v) is 12.4. The predicted octanol–water partition coefficient (Wildman–Crippen LogP) is 3.61. The number of anilines is 1. The number of ether oxygens (including phenoxy) is 1. The molecule has 0 aromatic heterocycles. The smallest absolute Gasteiger partial charge is 0.412 e. The van der Waals surface area contributed by atoms with Crippen molar-refractivity contribution in [2.75, 3.05) is 5.32 Å². The maximum Gasteiger partial charge on any atom is 0.412 e. The Morgan fingerprint density at radius 2 is 2.11 bits per heavy atom. The number of rotatable bonds is 3. The van der Waals surface area contributed by atoms with Crippen molar-refractivity contribution in [3.8, 4) is 0 Å². The monoisotopic (exact) mass is 285 g/mol. The summed E-state index contributed by atoms with van der Waals surface area (Å²) in [6.07, 6.45) is -0.501. The minimum atomic E-state index is -0.562. The van der Waals surface area contributed by atoms with Crippen LogP contribution in [0, 0.1) is 0 Å². The van der Waals surface area contributed by atoms with E-state index in [4.69, 9.17) is 16.3 Å². The van der Waals surface area contributed by atoms with E-state index in [1.54, 1.807) is 39.8 Å². The van der Waals surface area contributed by atoms with Crippen molar-refractivity contribution in [3.05, 3.63) is 28.8 Å². The van der Waals surface area contributed by atoms with Crippen LogP contribution in [0.1, 0.15) is 33.3 Å². The summed E-state index contributed by atoms with van der Waals surface area (Å²) in [5.41, 5.74) is 0.813. The standard InChI is InChI=1S/C14H20ClNO3/c1-9(17)7-10-5-6-11(15)12(8-10)16-13(18)19-14(2,3)4/h5-6,8-9,17H,7H2,1-4H3,(H,16,18)/t9-/m0/s1. The molecule has 0 spiro atoms. The van der Waals surface area contributed by atoms with Crippen LogP contribution in [0.5, 0.6) is 0 Å². The Morgan fingerprint density at radius 1 is 1.47 bits per heavy atom. The van der Waals surface area contributed by atoms with E-state index < -0.39 is 17.8 Å². The molecule has 0 heterocycles. The maximum absolute atomic E-state index is 11.7. The Balaban J connectivity index is 2.79. The molecule has 0 radical (unpaired) electrons. The van der Waals surface area contributed by atoms with E-state index in [0.717, 1.165) is 5.56 Å². The Hall–Kier alpha value is -1.26. The van der Waals surface area contributed by atoms with Crippen LogP contribution in [-0.2, 0) is 11.2 Å². The Labute approximate surface area is 118 Å². The summed E-state index contributed by atoms with van der Waals surface area (Å²) in [6.45, 7) is 7.07. The first-order valence-corrected chi connectivity index (χ1v) is 6.51. The highest BCUT2D eigenvalue weighted by Gasteiger charge is 2.17. The summed E-state index contributed by atoms with van der Waals surface area (Å²) in [6, 6.07) is 5.24. The molecule has 2 N–H and O–H groups in total. The Kier molecular flexibility index (Phi) is 5.20. The van der Waals surface area contributed by atoms with Gasteiger partial charge in [0.1, 0.15) is 5.60 Å². The third kappa shape index (κ3) is 5.94. The van der Waals surface area contributed by atoms with Gasteiger partial charge in [-0.05, 0) is 51.8 Å². The van der Waals surface area contributed by atoms with E-state index in [-0.39, 0.29) is 0 Å². The molecule has 5 heteroatoms. The molecule has 0 aliphatic rings. The summed E-state index contributed by atoms with van der Waals surface area (Å²) in [5, 5.41) is 12.4. The fraction of sp³-hybridized carbons (Fsp3) is 0.500. The number of hydrogen-bond donors (Lipinski definition) is 2. The van der Waals surface area contributed by atoms with Gasteiger partial charge in [-0.25, -0.2) is 4.79 Å². The molecule has 0 unspecified atom stereocenters. The molecule has 4 nitrogen and oxygen atoms in total. The van der Waals surface area contributed by atoms with Gasteiger partial charge in [-0.1, -0.05) is 17.7 Å². The summed E-state index contributed by atoms with van der Waals surface area (Å²) < 4.78 is 5.16. The second kappa shape index (κ2) is 6.26. The van der Waals surface area contributed by atoms with E-state index in [1.807, 2.05) is 6.07 Å². The lowest BCUT2D eigenvalue weighted by Gasteiger charge is -2.20. The molecule has 1 aromatic rings. The van der Waals surface area contributed by atoms with Crippen LogP contribution in [0.15, 0.2) is 18.2 Å². The minimum Gasteiger partial charge on any atom is -0.444 e. The lowest BCUT2D eigenvalue weighted by atomic mass is 10.1. The highest BCUT2D eigenvalue weighted by molar-refractivity contribution is 6.33. The lowest BCUT2D eigenvalue weighted by molar-refractivity contribution is 0.0636. The van der Waals surface area contributed by atoms with Crippen LogP contribution >= 0.6 is 11.6 Å². The Morgan fingerprint density at radius 3 is 2.63 bits per heavy atom. The molecule has 0 saturated carbocycles. The second-order valence-corrected chi connectivity index (χ2v) is 5.90. The molecule has 106 valence electrons. The average molecular weight is 286 g/mol. The van der Waals surface area contributed by atoms with Gasteiger partial charge >= 0.3 is 6.09 Å². The minimum absolute atomic E-state index is 0.431. The van der Waals surface area contributed by atoms with Crippen LogP contribution in [-0.4, -0.2) is 22.9 Å². The quantitative estimate of drug-likeness (QED) is 0.892. The summed E-state index contributed by atoms with van der Waals surface area (Å²) in [5.74, 6) is 0. The molecule has 0 fully saturated rings. The SMILES string of the molecule is C[C@H](O)Cc1ccc(Cl)c(NC(=O)OC(C)(C)C)c1. The van der Waals surface area contributed by atoms with Gasteiger partial charge in [-0.2, -0.15) is 0 Å². The van der Waals surface area contributed by atoms with Crippen molar-refractivity contribution in [2.45, 2.75) is 45.8 Å². The zero-order valence-electron chi connectivity index (χ0n) is 11.7. The number of amides is 1. The summed E-state index contributed by atoms with van der Waals surface area (Å²) in [4.78, 5) is 11.7. The van der Waals surface area contributed by atoms with Gasteiger partial charge in [0, 0.05) is 0 Å². The van der Waals surface area contributed by atoms with Gasteiger partial charge in [0.25, 0.3) is 0 Å². The van der Waals surface area contributed by atoms with Crippen LogP contribution in [0.2, 0.25) is 5.02 Å². The summed E-state index contributed by atoms with van der Waals surface area (Å²) >= 11 is 6.02. The van der Waals surface area contributed by atoms with Crippen molar-refractivity contribution in [3.63, 3.8) is 0 Å². The van der Waals surface area contributed by atoms with Gasteiger partial charge in [-0.3, -0.25) is 5.32 Å². The van der Waals surface area contributed by atoms with Crippen LogP contribution in [0.3, 0.4) is 0 Å². The summed E-state index contributed by atoms with van der Waals surface area (Å²) in [7, 11) is 0. The van der Waals surface area contributed by atoms with E-state index in [2.05, 4.69) is 5.32 Å². The first-order valence-electron chi connectivity index (χ1n) is 6.14. The molecule has 1 aromatic carbocycles. The molecule has 0 aliphatic carbocycles. The van der Waals surface area contributed by atoms with E-state index >= 15 is 0 Å². The molecular weight excluding hydrogens is 266 g/mol. The van der Waals surface area contributed by atoms with Crippen molar-refractivity contribution in [2.24, 2.45) is 0 Å². The van der Waals surface area contributed by atoms with Crippen molar-refractivity contribution in [1.29, 1.82) is 0 Å². The topological polar surface area (TPSA) is 58.6 Å². The van der Waals surface area contributed by atoms with E-state index in [0.29, 0.717) is 17.1 Å². The molecule has 0 bridgehead atoms. The van der Waals surface area contributed by atoms with Gasteiger partial charge in [0.15, 0.2) is 0 Å². The van der Waals surface area contributed by atoms with Gasteiger partial charge in [0.2, 0.25) is 0 Å². The molecule has 1 amide bonds. The predicted molar refractivity (Wildman–Crippen MR) is 76.7 cm³/mol. The normalized spacial score (nSPS) is 12.9. The first-order chi connectivity index (χ1) is 8.67. The number of carbonyl (C=O) groups excluding carboxylic acids is 1. The first kappa shape index (κ1) is 15.8. The number of hydrogen-bond acceptors (Lipinski definition) is 3. The van der Waals surface area contributed by atoms with Crippen LogP contribution in [0.25, 0.3) is 0 Å². The highest BCUT2D eigenvalue weighted by Crippen LogP contribution is 2.24. The van der Waals surface area contributed by atoms with Crippen molar-refractivity contribution < 1.29 is 14.6 Å². The third-order valence-corrected chi connectivity index (χ3v) is 2.53. The number of benzene rings is 1. The third-order valence-electron chi connectivity index (χ3n) is 2.20. The van der Waals surface area contributed by atoms with E-state index in [9.17, 15) is 9.90 Å². The number of halogens is 1. The van der Waals surface area contributed by atoms with Crippen molar-refractivity contribution >= 4 is 23.4 Å². The largest absolute Gasteiger partial charge is 0.444 e. The molecular formula is C14H20ClNO3. The van der Waals surface area contributed by atoms with Crippen LogP contribution in [0.4, 0.5) is 10.5 Å². The van der Waals surface area contributed by atoms with Gasteiger partial charge in [0.05, 0.1) is 16.8 Å². The number of nitrogens with one attached hydrogen (secondary N) is 1. The lowest BCUT2D eigenvalue weighted by Crippen LogP contribution is -2.27. The van der Waals surface area contributed by atoms with E-state index in [1.165, 1.54) is 0 Å². The maximum atomic E-state index is 11.7. The zero-order chi connectivity index (χ0) is 14.6. The van der Waals surface area contributed by atoms with Crippen LogP contribution < -0.4 is 5.32 Å². The molecule has 1 atom stereocenters.